The van der Waals surface area contributed by atoms with E-state index in [0.717, 1.165) is 30.7 Å². The third kappa shape index (κ3) is 4.59. The molecule has 1 aromatic carbocycles. The molecular formula is C23H30N2O6S. The summed E-state index contributed by atoms with van der Waals surface area (Å²) in [6.07, 6.45) is 2.54. The Kier molecular flexibility index (Phi) is 7.09. The van der Waals surface area contributed by atoms with Gasteiger partial charge in [-0.25, -0.2) is 13.2 Å². The van der Waals surface area contributed by atoms with Crippen molar-refractivity contribution in [2.45, 2.75) is 51.0 Å². The number of benzene rings is 1. The number of esters is 1. The summed E-state index contributed by atoms with van der Waals surface area (Å²) in [5.74, 6) is -0.928. The van der Waals surface area contributed by atoms with Gasteiger partial charge in [0.25, 0.3) is 0 Å². The first-order valence-electron chi connectivity index (χ1n) is 10.6. The fraction of sp³-hybridized carbons (Fsp3) is 0.478. The molecule has 0 radical (unpaired) electrons. The normalized spacial score (nSPS) is 17.2. The summed E-state index contributed by atoms with van der Waals surface area (Å²) in [5.41, 5.74) is 2.25. The maximum absolute atomic E-state index is 13.3. The van der Waals surface area contributed by atoms with Crippen LogP contribution in [0.1, 0.15) is 58.3 Å². The lowest BCUT2D eigenvalue weighted by Crippen LogP contribution is -2.42. The van der Waals surface area contributed by atoms with Crippen LogP contribution in [0.25, 0.3) is 0 Å². The van der Waals surface area contributed by atoms with Crippen molar-refractivity contribution in [3.8, 4) is 5.75 Å². The second kappa shape index (κ2) is 9.46. The lowest BCUT2D eigenvalue weighted by Gasteiger charge is -2.32. The average molecular weight is 463 g/mol. The summed E-state index contributed by atoms with van der Waals surface area (Å²) < 4.78 is 40.4. The predicted octanol–water partition coefficient (Wildman–Crippen LogP) is 3.25. The van der Waals surface area contributed by atoms with Gasteiger partial charge in [0.15, 0.2) is 6.61 Å². The number of aryl methyl sites for hydroxylation is 1. The van der Waals surface area contributed by atoms with Gasteiger partial charge in [-0.15, -0.1) is 0 Å². The van der Waals surface area contributed by atoms with Crippen molar-refractivity contribution in [3.63, 3.8) is 0 Å². The van der Waals surface area contributed by atoms with Gasteiger partial charge in [-0.05, 0) is 57.9 Å². The highest BCUT2D eigenvalue weighted by molar-refractivity contribution is 7.89. The van der Waals surface area contributed by atoms with Crippen molar-refractivity contribution < 1.29 is 27.5 Å². The van der Waals surface area contributed by atoms with E-state index in [2.05, 4.69) is 0 Å². The number of carbonyl (C=O) groups is 2. The zero-order valence-corrected chi connectivity index (χ0v) is 20.0. The molecule has 0 saturated carbocycles. The van der Waals surface area contributed by atoms with Gasteiger partial charge in [0.05, 0.1) is 12.7 Å². The largest absolute Gasteiger partial charge is 0.495 e. The smallest absolute Gasteiger partial charge is 0.338 e. The van der Waals surface area contributed by atoms with E-state index in [0.29, 0.717) is 12.1 Å². The van der Waals surface area contributed by atoms with Crippen LogP contribution in [0.3, 0.4) is 0 Å². The molecule has 0 spiro atoms. The van der Waals surface area contributed by atoms with E-state index in [1.807, 2.05) is 32.4 Å². The van der Waals surface area contributed by atoms with E-state index >= 15 is 0 Å². The number of nitrogens with zero attached hydrogens (tertiary/aromatic N) is 2. The molecule has 1 aliphatic heterocycles. The number of ketones is 1. The third-order valence-electron chi connectivity index (χ3n) is 6.14. The zero-order valence-electron chi connectivity index (χ0n) is 19.2. The minimum atomic E-state index is -3.86. The van der Waals surface area contributed by atoms with Crippen LogP contribution in [-0.2, 0) is 21.8 Å². The minimum absolute atomic E-state index is 0.0443. The van der Waals surface area contributed by atoms with E-state index in [4.69, 9.17) is 9.47 Å². The van der Waals surface area contributed by atoms with Crippen molar-refractivity contribution in [1.29, 1.82) is 0 Å². The summed E-state index contributed by atoms with van der Waals surface area (Å²) in [6, 6.07) is 5.75. The fourth-order valence-electron chi connectivity index (χ4n) is 3.99. The highest BCUT2D eigenvalue weighted by Crippen LogP contribution is 2.32. The average Bonchev–Trinajstić information content (AvgIpc) is 3.04. The number of methoxy groups -OCH3 is 1. The van der Waals surface area contributed by atoms with Crippen molar-refractivity contribution in [1.82, 2.24) is 8.87 Å². The van der Waals surface area contributed by atoms with Crippen LogP contribution in [0.2, 0.25) is 0 Å². The molecule has 9 heteroatoms. The Bertz CT molecular complexity index is 1140. The molecule has 1 saturated heterocycles. The standard InChI is InChI=1S/C23H30N2O6S/c1-15-8-6-7-11-25(15)32(28,29)22-13-18(9-10-21(22)30-5)23(27)31-14-20(26)19-12-16(2)24(4)17(19)3/h9-10,12-13,15H,6-8,11,14H2,1-5H3/t15-/m1/s1. The van der Waals surface area contributed by atoms with Gasteiger partial charge < -0.3 is 14.0 Å². The molecule has 0 aliphatic carbocycles. The molecule has 0 bridgehead atoms. The van der Waals surface area contributed by atoms with E-state index < -0.39 is 22.6 Å². The van der Waals surface area contributed by atoms with Crippen molar-refractivity contribution in [2.24, 2.45) is 7.05 Å². The molecular weight excluding hydrogens is 432 g/mol. The molecule has 2 aromatic rings. The quantitative estimate of drug-likeness (QED) is 0.463. The molecule has 0 unspecified atom stereocenters. The second-order valence-electron chi connectivity index (χ2n) is 8.17. The van der Waals surface area contributed by atoms with Crippen LogP contribution in [0, 0.1) is 13.8 Å². The molecule has 0 N–H and O–H groups in total. The van der Waals surface area contributed by atoms with Gasteiger partial charge in [-0.1, -0.05) is 6.42 Å². The molecule has 3 rings (SSSR count). The number of sulfonamides is 1. The van der Waals surface area contributed by atoms with Gasteiger partial charge in [0, 0.05) is 36.6 Å². The zero-order chi connectivity index (χ0) is 23.6. The first-order chi connectivity index (χ1) is 15.1. The lowest BCUT2D eigenvalue weighted by atomic mass is 10.1. The maximum Gasteiger partial charge on any atom is 0.338 e. The molecule has 8 nitrogen and oxygen atoms in total. The number of hydrogen-bond donors (Lipinski definition) is 0. The Hall–Kier alpha value is -2.65. The Balaban J connectivity index is 1.82. The number of aromatic nitrogens is 1. The van der Waals surface area contributed by atoms with Gasteiger partial charge in [-0.3, -0.25) is 4.79 Å². The summed E-state index contributed by atoms with van der Waals surface area (Å²) >= 11 is 0. The predicted molar refractivity (Wildman–Crippen MR) is 120 cm³/mol. The summed E-state index contributed by atoms with van der Waals surface area (Å²) in [7, 11) is -0.620. The van der Waals surface area contributed by atoms with Crippen molar-refractivity contribution in [2.75, 3.05) is 20.3 Å². The lowest BCUT2D eigenvalue weighted by molar-refractivity contribution is 0.0474. The topological polar surface area (TPSA) is 94.9 Å². The van der Waals surface area contributed by atoms with Gasteiger partial charge in [-0.2, -0.15) is 4.31 Å². The first kappa shape index (κ1) is 24.0. The van der Waals surface area contributed by atoms with E-state index in [1.54, 1.807) is 6.07 Å². The third-order valence-corrected chi connectivity index (χ3v) is 8.17. The molecule has 2 heterocycles. The SMILES string of the molecule is COc1ccc(C(=O)OCC(=O)c2cc(C)n(C)c2C)cc1S(=O)(=O)N1CCCC[C@H]1C. The summed E-state index contributed by atoms with van der Waals surface area (Å²) in [6.45, 7) is 5.58. The summed E-state index contributed by atoms with van der Waals surface area (Å²) in [5, 5.41) is 0. The van der Waals surface area contributed by atoms with Crippen LogP contribution in [-0.4, -0.2) is 55.3 Å². The highest BCUT2D eigenvalue weighted by atomic mass is 32.2. The Morgan fingerprint density at radius 2 is 1.88 bits per heavy atom. The van der Waals surface area contributed by atoms with E-state index in [1.165, 1.54) is 29.6 Å². The maximum atomic E-state index is 13.3. The minimum Gasteiger partial charge on any atom is -0.495 e. The van der Waals surface area contributed by atoms with Crippen LogP contribution in [0.15, 0.2) is 29.2 Å². The monoisotopic (exact) mass is 462 g/mol. The van der Waals surface area contributed by atoms with Gasteiger partial charge in [0.2, 0.25) is 15.8 Å². The number of ether oxygens (including phenoxy) is 2. The highest BCUT2D eigenvalue weighted by Gasteiger charge is 2.33. The Morgan fingerprint density at radius 1 is 1.16 bits per heavy atom. The van der Waals surface area contributed by atoms with Gasteiger partial charge >= 0.3 is 5.97 Å². The van der Waals surface area contributed by atoms with Crippen molar-refractivity contribution in [3.05, 3.63) is 46.8 Å². The Morgan fingerprint density at radius 3 is 2.47 bits per heavy atom. The second-order valence-corrected chi connectivity index (χ2v) is 10.0. The molecule has 1 atom stereocenters. The van der Waals surface area contributed by atoms with Crippen LogP contribution < -0.4 is 4.74 Å². The number of carbonyl (C=O) groups excluding carboxylic acids is 2. The Labute approximate surface area is 189 Å². The first-order valence-corrected chi connectivity index (χ1v) is 12.0. The summed E-state index contributed by atoms with van der Waals surface area (Å²) in [4.78, 5) is 25.1. The van der Waals surface area contributed by atoms with Crippen LogP contribution in [0.5, 0.6) is 5.75 Å². The number of hydrogen-bond acceptors (Lipinski definition) is 6. The number of Topliss-reactive ketones (excluding diaryl/α,β-unsaturated/α-hetero) is 1. The molecule has 1 aromatic heterocycles. The molecule has 174 valence electrons. The number of piperidine rings is 1. The molecule has 1 fully saturated rings. The number of rotatable bonds is 7. The van der Waals surface area contributed by atoms with Crippen molar-refractivity contribution >= 4 is 21.8 Å². The van der Waals surface area contributed by atoms with E-state index in [9.17, 15) is 18.0 Å². The molecule has 32 heavy (non-hydrogen) atoms. The van der Waals surface area contributed by atoms with Crippen LogP contribution in [0.4, 0.5) is 0 Å². The fourth-order valence-corrected chi connectivity index (χ4v) is 5.87. The molecule has 1 aliphatic rings. The van der Waals surface area contributed by atoms with Crippen LogP contribution >= 0.6 is 0 Å². The van der Waals surface area contributed by atoms with E-state index in [-0.39, 0.29) is 28.0 Å². The molecule has 0 amide bonds. The van der Waals surface area contributed by atoms with Gasteiger partial charge in [0.1, 0.15) is 10.6 Å².